The fraction of sp³-hybridized carbons (Fsp3) is 0.143. The number of hydrogen-bond acceptors (Lipinski definition) is 3. The van der Waals surface area contributed by atoms with Crippen LogP contribution in [0.1, 0.15) is 6.92 Å². The summed E-state index contributed by atoms with van der Waals surface area (Å²) in [7, 11) is 0. The number of rotatable bonds is 3. The Hall–Kier alpha value is -2.43. The number of aromatic nitrogens is 3. The van der Waals surface area contributed by atoms with E-state index in [-0.39, 0.29) is 5.82 Å². The number of nitrogens with zero attached hydrogens (tertiary/aromatic N) is 3. The SMILES string of the molecule is CCNc1cc(-c2ccc(F)cc2)nc2ccnn12. The van der Waals surface area contributed by atoms with Crippen molar-refractivity contribution in [2.75, 3.05) is 11.9 Å². The van der Waals surface area contributed by atoms with Crippen LogP contribution < -0.4 is 5.32 Å². The minimum atomic E-state index is -0.249. The molecule has 96 valence electrons. The van der Waals surface area contributed by atoms with Crippen LogP contribution in [-0.4, -0.2) is 21.1 Å². The van der Waals surface area contributed by atoms with Crippen LogP contribution >= 0.6 is 0 Å². The topological polar surface area (TPSA) is 42.2 Å². The number of hydrogen-bond donors (Lipinski definition) is 1. The van der Waals surface area contributed by atoms with Gasteiger partial charge in [-0.1, -0.05) is 0 Å². The third-order valence-corrected chi connectivity index (χ3v) is 2.86. The zero-order valence-electron chi connectivity index (χ0n) is 10.5. The van der Waals surface area contributed by atoms with Crippen LogP contribution in [0.4, 0.5) is 10.2 Å². The van der Waals surface area contributed by atoms with Crippen LogP contribution in [0.15, 0.2) is 42.6 Å². The normalized spacial score (nSPS) is 10.8. The van der Waals surface area contributed by atoms with E-state index >= 15 is 0 Å². The van der Waals surface area contributed by atoms with E-state index in [1.54, 1.807) is 22.8 Å². The molecule has 1 N–H and O–H groups in total. The van der Waals surface area contributed by atoms with E-state index in [1.165, 1.54) is 12.1 Å². The van der Waals surface area contributed by atoms with Crippen LogP contribution in [0, 0.1) is 5.82 Å². The molecule has 3 aromatic rings. The van der Waals surface area contributed by atoms with E-state index in [9.17, 15) is 4.39 Å². The maximum absolute atomic E-state index is 13.0. The van der Waals surface area contributed by atoms with E-state index in [2.05, 4.69) is 15.4 Å². The second-order valence-corrected chi connectivity index (χ2v) is 4.17. The van der Waals surface area contributed by atoms with Crippen molar-refractivity contribution < 1.29 is 4.39 Å². The lowest BCUT2D eigenvalue weighted by Gasteiger charge is -2.09. The zero-order valence-corrected chi connectivity index (χ0v) is 10.5. The minimum Gasteiger partial charge on any atom is -0.370 e. The predicted molar refractivity (Wildman–Crippen MR) is 72.5 cm³/mol. The molecule has 0 bridgehead atoms. The molecular weight excluding hydrogens is 243 g/mol. The number of halogens is 1. The standard InChI is InChI=1S/C14H13FN4/c1-2-16-14-9-12(10-3-5-11(15)6-4-10)18-13-7-8-17-19(13)14/h3-9,16H,2H2,1H3. The molecule has 0 aliphatic heterocycles. The van der Waals surface area contributed by atoms with Gasteiger partial charge in [-0.05, 0) is 31.2 Å². The van der Waals surface area contributed by atoms with Crippen LogP contribution in [0.3, 0.4) is 0 Å². The van der Waals surface area contributed by atoms with Crippen LogP contribution in [0.5, 0.6) is 0 Å². The van der Waals surface area contributed by atoms with Crippen molar-refractivity contribution in [2.24, 2.45) is 0 Å². The first-order valence-corrected chi connectivity index (χ1v) is 6.12. The Kier molecular flexibility index (Phi) is 2.87. The van der Waals surface area contributed by atoms with E-state index in [4.69, 9.17) is 0 Å². The highest BCUT2D eigenvalue weighted by Crippen LogP contribution is 2.22. The molecule has 2 heterocycles. The third-order valence-electron chi connectivity index (χ3n) is 2.86. The second kappa shape index (κ2) is 4.68. The van der Waals surface area contributed by atoms with Crippen molar-refractivity contribution >= 4 is 11.5 Å². The number of nitrogens with one attached hydrogen (secondary N) is 1. The monoisotopic (exact) mass is 256 g/mol. The maximum Gasteiger partial charge on any atom is 0.157 e. The molecule has 0 amide bonds. The molecule has 0 fully saturated rings. The molecule has 0 saturated carbocycles. The fourth-order valence-corrected chi connectivity index (χ4v) is 1.99. The summed E-state index contributed by atoms with van der Waals surface area (Å²) in [6.45, 7) is 2.81. The van der Waals surface area contributed by atoms with Gasteiger partial charge in [0.05, 0.1) is 11.9 Å². The van der Waals surface area contributed by atoms with E-state index in [0.717, 1.165) is 29.3 Å². The van der Waals surface area contributed by atoms with Crippen molar-refractivity contribution in [3.63, 3.8) is 0 Å². The van der Waals surface area contributed by atoms with Gasteiger partial charge >= 0.3 is 0 Å². The van der Waals surface area contributed by atoms with Crippen LogP contribution in [0.2, 0.25) is 0 Å². The minimum absolute atomic E-state index is 0.249. The summed E-state index contributed by atoms with van der Waals surface area (Å²) >= 11 is 0. The van der Waals surface area contributed by atoms with Gasteiger partial charge < -0.3 is 5.32 Å². The molecular formula is C14H13FN4. The van der Waals surface area contributed by atoms with Gasteiger partial charge in [0.15, 0.2) is 5.65 Å². The van der Waals surface area contributed by atoms with Crippen LogP contribution in [-0.2, 0) is 0 Å². The zero-order chi connectivity index (χ0) is 13.2. The summed E-state index contributed by atoms with van der Waals surface area (Å²) in [6.07, 6.45) is 1.71. The molecule has 0 aliphatic carbocycles. The summed E-state index contributed by atoms with van der Waals surface area (Å²) in [4.78, 5) is 4.52. The lowest BCUT2D eigenvalue weighted by Crippen LogP contribution is -2.05. The molecule has 5 heteroatoms. The predicted octanol–water partition coefficient (Wildman–Crippen LogP) is 2.97. The number of fused-ring (bicyclic) bond motifs is 1. The summed E-state index contributed by atoms with van der Waals surface area (Å²) in [5.41, 5.74) is 2.44. The van der Waals surface area contributed by atoms with Gasteiger partial charge in [0.25, 0.3) is 0 Å². The molecule has 2 aromatic heterocycles. The second-order valence-electron chi connectivity index (χ2n) is 4.17. The van der Waals surface area contributed by atoms with Crippen molar-refractivity contribution in [2.45, 2.75) is 6.92 Å². The van der Waals surface area contributed by atoms with Crippen molar-refractivity contribution in [1.29, 1.82) is 0 Å². The molecule has 0 radical (unpaired) electrons. The Morgan fingerprint density at radius 3 is 2.74 bits per heavy atom. The molecule has 1 aromatic carbocycles. The molecule has 0 spiro atoms. The highest BCUT2D eigenvalue weighted by atomic mass is 19.1. The highest BCUT2D eigenvalue weighted by molar-refractivity contribution is 5.66. The first kappa shape index (κ1) is 11.6. The van der Waals surface area contributed by atoms with Gasteiger partial charge in [-0.15, -0.1) is 0 Å². The van der Waals surface area contributed by atoms with E-state index in [1.807, 2.05) is 19.1 Å². The molecule has 3 rings (SSSR count). The summed E-state index contributed by atoms with van der Waals surface area (Å²) in [5, 5.41) is 7.46. The van der Waals surface area contributed by atoms with Crippen molar-refractivity contribution in [3.05, 3.63) is 48.4 Å². The van der Waals surface area contributed by atoms with Gasteiger partial charge in [0.1, 0.15) is 11.6 Å². The Bertz CT molecular complexity index is 703. The molecule has 4 nitrogen and oxygen atoms in total. The molecule has 0 atom stereocenters. The molecule has 0 unspecified atom stereocenters. The third kappa shape index (κ3) is 2.14. The number of anilines is 1. The highest BCUT2D eigenvalue weighted by Gasteiger charge is 2.07. The van der Waals surface area contributed by atoms with Gasteiger partial charge in [0, 0.05) is 24.2 Å². The van der Waals surface area contributed by atoms with Crippen molar-refractivity contribution in [3.8, 4) is 11.3 Å². The molecule has 19 heavy (non-hydrogen) atoms. The lowest BCUT2D eigenvalue weighted by molar-refractivity contribution is 0.628. The summed E-state index contributed by atoms with van der Waals surface area (Å²) in [6, 6.07) is 10.1. The first-order valence-electron chi connectivity index (χ1n) is 6.12. The first-order chi connectivity index (χ1) is 9.28. The van der Waals surface area contributed by atoms with Gasteiger partial charge in [0.2, 0.25) is 0 Å². The Morgan fingerprint density at radius 2 is 2.00 bits per heavy atom. The Morgan fingerprint density at radius 1 is 1.21 bits per heavy atom. The lowest BCUT2D eigenvalue weighted by atomic mass is 10.1. The van der Waals surface area contributed by atoms with E-state index in [0.29, 0.717) is 0 Å². The van der Waals surface area contributed by atoms with Gasteiger partial charge in [-0.3, -0.25) is 0 Å². The van der Waals surface area contributed by atoms with Crippen LogP contribution in [0.25, 0.3) is 16.9 Å². The fourth-order valence-electron chi connectivity index (χ4n) is 1.99. The smallest absolute Gasteiger partial charge is 0.157 e. The van der Waals surface area contributed by atoms with Crippen molar-refractivity contribution in [1.82, 2.24) is 14.6 Å². The molecule has 0 aliphatic rings. The van der Waals surface area contributed by atoms with Gasteiger partial charge in [-0.25, -0.2) is 9.37 Å². The Labute approximate surface area is 109 Å². The average molecular weight is 256 g/mol. The van der Waals surface area contributed by atoms with Gasteiger partial charge in [-0.2, -0.15) is 9.61 Å². The largest absolute Gasteiger partial charge is 0.370 e. The summed E-state index contributed by atoms with van der Waals surface area (Å²) < 4.78 is 14.7. The Balaban J connectivity index is 2.15. The molecule has 0 saturated heterocycles. The number of benzene rings is 1. The quantitative estimate of drug-likeness (QED) is 0.783. The summed E-state index contributed by atoms with van der Waals surface area (Å²) in [5.74, 6) is 0.623. The van der Waals surface area contributed by atoms with E-state index < -0.39 is 0 Å². The maximum atomic E-state index is 13.0. The average Bonchev–Trinajstić information content (AvgIpc) is 2.88.